The average Bonchev–Trinajstić information content (AvgIpc) is 0.838. The lowest BCUT2D eigenvalue weighted by Gasteiger charge is -2.37. The van der Waals surface area contributed by atoms with E-state index in [1.165, 1.54) is 0 Å². The van der Waals surface area contributed by atoms with Gasteiger partial charge in [0.05, 0.1) is 29.0 Å². The summed E-state index contributed by atoms with van der Waals surface area (Å²) < 4.78 is 27.3. The highest BCUT2D eigenvalue weighted by Crippen LogP contribution is 2.31. The number of hydrogen-bond donors (Lipinski definition) is 3. The van der Waals surface area contributed by atoms with Crippen LogP contribution in [0.2, 0.25) is 0 Å². The topological polar surface area (TPSA) is 293 Å². The summed E-state index contributed by atoms with van der Waals surface area (Å²) in [7, 11) is 0. The first kappa shape index (κ1) is 119. The molecule has 26 heteroatoms. The van der Waals surface area contributed by atoms with Crippen LogP contribution in [-0.4, -0.2) is 277 Å². The van der Waals surface area contributed by atoms with Crippen LogP contribution in [0.4, 0.5) is 0 Å². The van der Waals surface area contributed by atoms with Crippen molar-refractivity contribution in [2.45, 2.75) is 404 Å². The molecule has 740 valence electrons. The van der Waals surface area contributed by atoms with E-state index in [1.807, 2.05) is 140 Å². The number of piperazine rings is 1. The Labute approximate surface area is 773 Å². The summed E-state index contributed by atoms with van der Waals surface area (Å²) in [5, 5.41) is 9.23. The van der Waals surface area contributed by atoms with E-state index in [1.54, 1.807) is 0 Å². The molecular formula is C101H190N10O16. The summed E-state index contributed by atoms with van der Waals surface area (Å²) in [6.45, 7) is 79.9. The van der Waals surface area contributed by atoms with Crippen molar-refractivity contribution in [3.8, 4) is 0 Å². The zero-order chi connectivity index (χ0) is 97.5. The third-order valence-corrected chi connectivity index (χ3v) is 22.9. The predicted molar refractivity (Wildman–Crippen MR) is 512 cm³/mol. The molecule has 6 heterocycles. The lowest BCUT2D eigenvalue weighted by molar-refractivity contribution is -0.143. The molecular weight excluding hydrogens is 1610 g/mol. The zero-order valence-electron chi connectivity index (χ0n) is 87.1. The van der Waals surface area contributed by atoms with E-state index in [-0.39, 0.29) is 172 Å². The molecule has 6 saturated heterocycles. The number of nitrogens with one attached hydrogen (secondary N) is 3. The first-order valence-electron chi connectivity index (χ1n) is 48.6. The number of rotatable bonds is 29. The molecule has 0 aromatic carbocycles. The zero-order valence-corrected chi connectivity index (χ0v) is 87.1. The SMILES string of the molecule is CC(C)(C)CC(=O)C1CCN(C(=O)COC(C)(C)C)CC1.CC(C)(C)CCNC(=O)C1CCN(C(=O)CCC(C)(C)C)CC1.CC(C)(C)OCC(=O)N1CCC(NC(=O)C(C)(C)C)CC1.CC(C)N1CCN(C(=O)COC(C)(C)C)CC1.CC(C)OCC(=O)N1CCC(C(=O)CCCC(C)(C)C)CC1.CC(C)OCC(=O)N1CCC(NC(=O)CCCC(C)(C)C)CC1. The Morgan fingerprint density at radius 3 is 0.945 bits per heavy atom. The normalized spacial score (nSPS) is 17.5. The van der Waals surface area contributed by atoms with Gasteiger partial charge in [-0.1, -0.05) is 125 Å². The van der Waals surface area contributed by atoms with Crippen LogP contribution in [0.5, 0.6) is 0 Å². The summed E-state index contributed by atoms with van der Waals surface area (Å²) in [4.78, 5) is 146. The maximum Gasteiger partial charge on any atom is 0.248 e. The molecule has 0 saturated carbocycles. The second kappa shape index (κ2) is 56.4. The van der Waals surface area contributed by atoms with Crippen molar-refractivity contribution >= 4 is 64.7 Å². The minimum absolute atomic E-state index is 0.0329. The van der Waals surface area contributed by atoms with Gasteiger partial charge >= 0.3 is 0 Å². The van der Waals surface area contributed by atoms with E-state index >= 15 is 0 Å². The number of hydrogen-bond acceptors (Lipinski definition) is 17. The van der Waals surface area contributed by atoms with Crippen LogP contribution in [0.3, 0.4) is 0 Å². The number of piperidine rings is 5. The van der Waals surface area contributed by atoms with Gasteiger partial charge in [-0.3, -0.25) is 57.6 Å². The van der Waals surface area contributed by atoms with Gasteiger partial charge in [0, 0.05) is 165 Å². The molecule has 0 aromatic heterocycles. The van der Waals surface area contributed by atoms with Crippen LogP contribution >= 0.6 is 0 Å². The fourth-order valence-corrected chi connectivity index (χ4v) is 14.6. The fourth-order valence-electron chi connectivity index (χ4n) is 14.6. The predicted octanol–water partition coefficient (Wildman–Crippen LogP) is 16.1. The standard InChI is InChI=1S/C19H36N2O2.C18H34N2O3.C18H33NO3.C17H31NO3.C16H30N2O3.C13H26N2O2/c1-18(2,3)10-7-16(22)21-13-8-15(9-14-21)17(23)20-12-11-19(4,5)6;1-14(2)23-13-17(22)20-11-8-15(9-12-20)19-16(21)7-6-10-18(3,4)5;1-14(2)22-13-17(21)19-11-8-15(9-12-19)16(20)7-6-10-18(3,4)5;1-16(2,3)11-14(19)13-7-9-18(10-8-13)15(20)12-21-17(4,5)6;1-15(2,3)14(20)17-12-7-9-18(10-8-12)13(19)11-21-16(4,5)6;1-11(2)14-6-8-15(9-7-14)12(16)10-17-13(3,4)5/h15H,7-14H2,1-6H3,(H,20,23);14-15H,6-13H2,1-5H3,(H,19,21);14-15H,6-13H2,1-5H3;13H,7-12H2,1-6H3;12H,7-11H2,1-6H3,(H,17,20);11H,6-10H2,1-5H3. The Kier molecular flexibility index (Phi) is 53.0. The summed E-state index contributed by atoms with van der Waals surface area (Å²) in [6.07, 6.45) is 16.7. The van der Waals surface area contributed by atoms with Crippen LogP contribution in [-0.2, 0) is 76.4 Å². The summed E-state index contributed by atoms with van der Waals surface area (Å²) in [5.41, 5.74) is -0.133. The third-order valence-electron chi connectivity index (χ3n) is 22.9. The van der Waals surface area contributed by atoms with Crippen molar-refractivity contribution in [2.75, 3.05) is 131 Å². The molecule has 0 spiro atoms. The number of ether oxygens (including phenoxy) is 5. The third kappa shape index (κ3) is 59.5. The minimum Gasteiger partial charge on any atom is -0.369 e. The molecule has 9 amide bonds. The van der Waals surface area contributed by atoms with E-state index in [0.717, 1.165) is 149 Å². The second-order valence-electron chi connectivity index (χ2n) is 47.2. The van der Waals surface area contributed by atoms with Crippen molar-refractivity contribution in [1.29, 1.82) is 0 Å². The molecule has 3 N–H and O–H groups in total. The van der Waals surface area contributed by atoms with Crippen molar-refractivity contribution in [3.63, 3.8) is 0 Å². The molecule has 127 heavy (non-hydrogen) atoms. The molecule has 6 fully saturated rings. The van der Waals surface area contributed by atoms with Crippen molar-refractivity contribution in [2.24, 2.45) is 50.2 Å². The molecule has 6 aliphatic heterocycles. The highest BCUT2D eigenvalue weighted by Gasteiger charge is 2.35. The number of ketones is 2. The molecule has 0 aliphatic carbocycles. The Morgan fingerprint density at radius 1 is 0.315 bits per heavy atom. The monoisotopic (exact) mass is 1800 g/mol. The van der Waals surface area contributed by atoms with Crippen LogP contribution < -0.4 is 16.0 Å². The maximum atomic E-state index is 12.2. The summed E-state index contributed by atoms with van der Waals surface area (Å²) in [6, 6.07) is 0.939. The number of amides is 9. The van der Waals surface area contributed by atoms with Crippen LogP contribution in [0.15, 0.2) is 0 Å². The number of carbonyl (C=O) groups is 11. The Bertz CT molecular complexity index is 3230. The Balaban J connectivity index is 0.000000764. The van der Waals surface area contributed by atoms with Gasteiger partial charge in [0.15, 0.2) is 0 Å². The van der Waals surface area contributed by atoms with Crippen LogP contribution in [0.25, 0.3) is 0 Å². The van der Waals surface area contributed by atoms with E-state index in [2.05, 4.69) is 139 Å². The Morgan fingerprint density at radius 2 is 0.622 bits per heavy atom. The van der Waals surface area contributed by atoms with Gasteiger partial charge in [0.2, 0.25) is 53.2 Å². The van der Waals surface area contributed by atoms with Gasteiger partial charge in [0.1, 0.15) is 44.6 Å². The number of nitrogens with zero attached hydrogens (tertiary/aromatic N) is 7. The van der Waals surface area contributed by atoms with E-state index in [4.69, 9.17) is 23.7 Å². The van der Waals surface area contributed by atoms with E-state index < -0.39 is 0 Å². The van der Waals surface area contributed by atoms with Crippen molar-refractivity contribution in [3.05, 3.63) is 0 Å². The van der Waals surface area contributed by atoms with Crippen LogP contribution in [0, 0.1) is 50.2 Å². The van der Waals surface area contributed by atoms with Crippen molar-refractivity contribution in [1.82, 2.24) is 50.2 Å². The quantitative estimate of drug-likeness (QED) is 0.0627. The van der Waals surface area contributed by atoms with Crippen molar-refractivity contribution < 1.29 is 76.4 Å². The highest BCUT2D eigenvalue weighted by molar-refractivity contribution is 5.85. The lowest BCUT2D eigenvalue weighted by atomic mass is 9.82. The fraction of sp³-hybridized carbons (Fsp3) is 0.891. The largest absolute Gasteiger partial charge is 0.369 e. The number of likely N-dealkylation sites (tertiary alicyclic amines) is 5. The first-order chi connectivity index (χ1) is 58.1. The van der Waals surface area contributed by atoms with Gasteiger partial charge in [-0.25, -0.2) is 0 Å². The molecule has 0 aromatic rings. The summed E-state index contributed by atoms with van der Waals surface area (Å²) >= 11 is 0. The number of Topliss-reactive ketones (excluding diaryl/α,β-unsaturated/α-hetero) is 2. The van der Waals surface area contributed by atoms with Gasteiger partial charge in [0.25, 0.3) is 0 Å². The van der Waals surface area contributed by atoms with Gasteiger partial charge in [-0.05, 0) is 234 Å². The number of carbonyl (C=O) groups excluding carboxylic acids is 11. The van der Waals surface area contributed by atoms with Crippen LogP contribution in [0.1, 0.15) is 357 Å². The maximum absolute atomic E-state index is 12.2. The van der Waals surface area contributed by atoms with E-state index in [0.29, 0.717) is 101 Å². The van der Waals surface area contributed by atoms with Gasteiger partial charge < -0.3 is 69.0 Å². The second-order valence-corrected chi connectivity index (χ2v) is 47.2. The average molecular weight is 1800 g/mol. The molecule has 0 unspecified atom stereocenters. The molecule has 6 aliphatic rings. The van der Waals surface area contributed by atoms with Gasteiger partial charge in [-0.15, -0.1) is 0 Å². The molecule has 0 radical (unpaired) electrons. The summed E-state index contributed by atoms with van der Waals surface area (Å²) in [5.74, 6) is 1.97. The Hall–Kier alpha value is -5.67. The molecule has 0 atom stereocenters. The molecule has 6 rings (SSSR count). The molecule has 0 bridgehead atoms. The lowest BCUT2D eigenvalue weighted by Crippen LogP contribution is -2.51. The molecule has 26 nitrogen and oxygen atoms in total. The smallest absolute Gasteiger partial charge is 0.248 e. The first-order valence-corrected chi connectivity index (χ1v) is 48.6. The highest BCUT2D eigenvalue weighted by atomic mass is 16.5. The minimum atomic E-state index is -0.368. The van der Waals surface area contributed by atoms with E-state index in [9.17, 15) is 52.7 Å². The van der Waals surface area contributed by atoms with Gasteiger partial charge in [-0.2, -0.15) is 0 Å².